The molecule has 0 aromatic carbocycles. The first kappa shape index (κ1) is 10.4. The van der Waals surface area contributed by atoms with E-state index in [1.54, 1.807) is 7.05 Å². The minimum absolute atomic E-state index is 0.568. The molecule has 1 aliphatic carbocycles. The van der Waals surface area contributed by atoms with Crippen LogP contribution in [0, 0.1) is 11.8 Å². The monoisotopic (exact) mass is 183 g/mol. The largest absolute Gasteiger partial charge is 0.370 e. The molecule has 0 aliphatic heterocycles. The molecule has 1 aliphatic rings. The van der Waals surface area contributed by atoms with Crippen molar-refractivity contribution in [2.24, 2.45) is 22.6 Å². The molecule has 0 spiro atoms. The second-order valence-electron chi connectivity index (χ2n) is 4.12. The van der Waals surface area contributed by atoms with Crippen molar-refractivity contribution in [1.82, 2.24) is 5.32 Å². The van der Waals surface area contributed by atoms with Gasteiger partial charge in [0.15, 0.2) is 5.96 Å². The van der Waals surface area contributed by atoms with E-state index in [2.05, 4.69) is 17.2 Å². The van der Waals surface area contributed by atoms with Crippen LogP contribution in [-0.4, -0.2) is 19.6 Å². The van der Waals surface area contributed by atoms with E-state index in [1.165, 1.54) is 25.7 Å². The smallest absolute Gasteiger partial charge is 0.188 e. The first-order valence-electron chi connectivity index (χ1n) is 5.18. The lowest BCUT2D eigenvalue weighted by molar-refractivity contribution is 0.290. The first-order valence-corrected chi connectivity index (χ1v) is 5.18. The van der Waals surface area contributed by atoms with Gasteiger partial charge in [-0.2, -0.15) is 0 Å². The van der Waals surface area contributed by atoms with Gasteiger partial charge in [-0.3, -0.25) is 4.99 Å². The quantitative estimate of drug-likeness (QED) is 0.501. The lowest BCUT2D eigenvalue weighted by Gasteiger charge is -2.26. The Bertz CT molecular complexity index is 169. The van der Waals surface area contributed by atoms with Crippen LogP contribution in [0.2, 0.25) is 0 Å². The van der Waals surface area contributed by atoms with Crippen LogP contribution in [0.25, 0.3) is 0 Å². The fraction of sp³-hybridized carbons (Fsp3) is 0.900. The van der Waals surface area contributed by atoms with E-state index in [1.807, 2.05) is 0 Å². The van der Waals surface area contributed by atoms with E-state index in [0.717, 1.165) is 18.4 Å². The molecule has 1 saturated carbocycles. The third kappa shape index (κ3) is 3.66. The molecule has 0 amide bonds. The zero-order valence-electron chi connectivity index (χ0n) is 8.71. The molecule has 0 unspecified atom stereocenters. The fourth-order valence-corrected chi connectivity index (χ4v) is 1.86. The molecule has 0 heterocycles. The fourth-order valence-electron chi connectivity index (χ4n) is 1.86. The molecular weight excluding hydrogens is 162 g/mol. The first-order chi connectivity index (χ1) is 6.22. The van der Waals surface area contributed by atoms with Crippen molar-refractivity contribution < 1.29 is 0 Å². The van der Waals surface area contributed by atoms with Crippen LogP contribution in [-0.2, 0) is 0 Å². The van der Waals surface area contributed by atoms with E-state index >= 15 is 0 Å². The Morgan fingerprint density at radius 3 is 2.54 bits per heavy atom. The van der Waals surface area contributed by atoms with Crippen molar-refractivity contribution in [3.05, 3.63) is 0 Å². The van der Waals surface area contributed by atoms with Crippen LogP contribution in [0.5, 0.6) is 0 Å². The van der Waals surface area contributed by atoms with Crippen molar-refractivity contribution in [2.75, 3.05) is 13.6 Å². The SMILES string of the molecule is CN=C(N)NCC1CCC(C)CC1. The van der Waals surface area contributed by atoms with Gasteiger partial charge < -0.3 is 11.1 Å². The molecule has 1 fully saturated rings. The standard InChI is InChI=1S/C10H21N3/c1-8-3-5-9(6-4-8)7-13-10(11)12-2/h8-9H,3-7H2,1-2H3,(H3,11,12,13). The Balaban J connectivity index is 2.16. The van der Waals surface area contributed by atoms with Crippen molar-refractivity contribution >= 4 is 5.96 Å². The normalized spacial score (nSPS) is 30.2. The summed E-state index contributed by atoms with van der Waals surface area (Å²) in [6.45, 7) is 3.33. The summed E-state index contributed by atoms with van der Waals surface area (Å²) in [4.78, 5) is 3.87. The van der Waals surface area contributed by atoms with E-state index in [9.17, 15) is 0 Å². The van der Waals surface area contributed by atoms with Gasteiger partial charge in [-0.15, -0.1) is 0 Å². The molecule has 0 radical (unpaired) electrons. The lowest BCUT2D eigenvalue weighted by Crippen LogP contribution is -2.36. The van der Waals surface area contributed by atoms with Crippen LogP contribution < -0.4 is 11.1 Å². The summed E-state index contributed by atoms with van der Waals surface area (Å²) < 4.78 is 0. The number of hydrogen-bond acceptors (Lipinski definition) is 1. The summed E-state index contributed by atoms with van der Waals surface area (Å²) in [7, 11) is 1.71. The summed E-state index contributed by atoms with van der Waals surface area (Å²) in [5.41, 5.74) is 5.56. The molecular formula is C10H21N3. The summed E-state index contributed by atoms with van der Waals surface area (Å²) in [5, 5.41) is 3.14. The van der Waals surface area contributed by atoms with E-state index in [4.69, 9.17) is 5.73 Å². The van der Waals surface area contributed by atoms with Gasteiger partial charge in [-0.1, -0.05) is 19.8 Å². The van der Waals surface area contributed by atoms with Gasteiger partial charge in [-0.25, -0.2) is 0 Å². The van der Waals surface area contributed by atoms with Gasteiger partial charge in [0.25, 0.3) is 0 Å². The maximum Gasteiger partial charge on any atom is 0.188 e. The molecule has 3 heteroatoms. The van der Waals surface area contributed by atoms with Crippen molar-refractivity contribution in [3.8, 4) is 0 Å². The molecule has 0 aromatic rings. The third-order valence-corrected chi connectivity index (χ3v) is 2.95. The highest BCUT2D eigenvalue weighted by molar-refractivity contribution is 5.77. The van der Waals surface area contributed by atoms with Crippen LogP contribution >= 0.6 is 0 Å². The average Bonchev–Trinajstić information content (AvgIpc) is 2.16. The van der Waals surface area contributed by atoms with Gasteiger partial charge in [0.2, 0.25) is 0 Å². The van der Waals surface area contributed by atoms with Gasteiger partial charge in [-0.05, 0) is 24.7 Å². The Labute approximate surface area is 80.8 Å². The molecule has 0 aromatic heterocycles. The Morgan fingerprint density at radius 1 is 1.38 bits per heavy atom. The number of nitrogens with one attached hydrogen (secondary N) is 1. The van der Waals surface area contributed by atoms with Crippen LogP contribution in [0.15, 0.2) is 4.99 Å². The van der Waals surface area contributed by atoms with E-state index in [-0.39, 0.29) is 0 Å². The van der Waals surface area contributed by atoms with Crippen LogP contribution in [0.4, 0.5) is 0 Å². The van der Waals surface area contributed by atoms with Gasteiger partial charge in [0.1, 0.15) is 0 Å². The Morgan fingerprint density at radius 2 is 2.00 bits per heavy atom. The zero-order valence-corrected chi connectivity index (χ0v) is 8.71. The number of nitrogens with two attached hydrogens (primary N) is 1. The Kier molecular flexibility index (Phi) is 4.06. The summed E-state index contributed by atoms with van der Waals surface area (Å²) >= 11 is 0. The molecule has 0 atom stereocenters. The molecule has 13 heavy (non-hydrogen) atoms. The molecule has 1 rings (SSSR count). The van der Waals surface area contributed by atoms with Gasteiger partial charge >= 0.3 is 0 Å². The second-order valence-corrected chi connectivity index (χ2v) is 4.12. The molecule has 3 N–H and O–H groups in total. The second kappa shape index (κ2) is 5.10. The number of aliphatic imine (C=N–C) groups is 1. The predicted octanol–water partition coefficient (Wildman–Crippen LogP) is 1.35. The average molecular weight is 183 g/mol. The molecule has 0 saturated heterocycles. The van der Waals surface area contributed by atoms with Crippen molar-refractivity contribution in [3.63, 3.8) is 0 Å². The Hall–Kier alpha value is -0.730. The van der Waals surface area contributed by atoms with Crippen LogP contribution in [0.1, 0.15) is 32.6 Å². The highest BCUT2D eigenvalue weighted by atomic mass is 15.1. The summed E-state index contributed by atoms with van der Waals surface area (Å²) in [5.74, 6) is 2.29. The predicted molar refractivity (Wildman–Crippen MR) is 56.7 cm³/mol. The number of hydrogen-bond donors (Lipinski definition) is 2. The van der Waals surface area contributed by atoms with Gasteiger partial charge in [0.05, 0.1) is 0 Å². The highest BCUT2D eigenvalue weighted by Gasteiger charge is 2.17. The summed E-state index contributed by atoms with van der Waals surface area (Å²) in [6, 6.07) is 0. The highest BCUT2D eigenvalue weighted by Crippen LogP contribution is 2.27. The minimum Gasteiger partial charge on any atom is -0.370 e. The van der Waals surface area contributed by atoms with Crippen molar-refractivity contribution in [1.29, 1.82) is 0 Å². The molecule has 3 nitrogen and oxygen atoms in total. The van der Waals surface area contributed by atoms with Gasteiger partial charge in [0, 0.05) is 13.6 Å². The number of rotatable bonds is 2. The summed E-state index contributed by atoms with van der Waals surface area (Å²) in [6.07, 6.45) is 5.42. The van der Waals surface area contributed by atoms with E-state index in [0.29, 0.717) is 5.96 Å². The van der Waals surface area contributed by atoms with E-state index < -0.39 is 0 Å². The van der Waals surface area contributed by atoms with Crippen LogP contribution in [0.3, 0.4) is 0 Å². The number of nitrogens with zero attached hydrogens (tertiary/aromatic N) is 1. The minimum atomic E-state index is 0.568. The maximum absolute atomic E-state index is 5.56. The number of guanidine groups is 1. The zero-order chi connectivity index (χ0) is 9.68. The van der Waals surface area contributed by atoms with Crippen molar-refractivity contribution in [2.45, 2.75) is 32.6 Å². The topological polar surface area (TPSA) is 50.4 Å². The lowest BCUT2D eigenvalue weighted by atomic mass is 9.83. The maximum atomic E-state index is 5.56. The third-order valence-electron chi connectivity index (χ3n) is 2.95. The molecule has 0 bridgehead atoms. The molecule has 76 valence electrons.